The second-order valence-electron chi connectivity index (χ2n) is 9.83. The molecule has 5 aliphatic rings. The molecule has 1 N–H and O–H groups in total. The summed E-state index contributed by atoms with van der Waals surface area (Å²) < 4.78 is 0. The maximum absolute atomic E-state index is 13.4. The van der Waals surface area contributed by atoms with E-state index in [0.29, 0.717) is 23.1 Å². The molecule has 0 spiro atoms. The van der Waals surface area contributed by atoms with Crippen LogP contribution in [0.25, 0.3) is 0 Å². The average molecular weight is 441 g/mol. The molecule has 1 aliphatic heterocycles. The van der Waals surface area contributed by atoms with Crippen molar-refractivity contribution in [3.8, 4) is 0 Å². The van der Waals surface area contributed by atoms with Crippen molar-refractivity contribution >= 4 is 29.1 Å². The van der Waals surface area contributed by atoms with Crippen LogP contribution in [0.1, 0.15) is 41.8 Å². The first-order valence-corrected chi connectivity index (χ1v) is 12.1. The van der Waals surface area contributed by atoms with Crippen molar-refractivity contribution in [1.29, 1.82) is 0 Å². The van der Waals surface area contributed by atoms with E-state index in [9.17, 15) is 14.4 Å². The van der Waals surface area contributed by atoms with Crippen molar-refractivity contribution in [2.24, 2.45) is 35.5 Å². The van der Waals surface area contributed by atoms with E-state index in [1.54, 1.807) is 24.3 Å². The molecule has 2 aromatic rings. The molecule has 5 heteroatoms. The van der Waals surface area contributed by atoms with Crippen molar-refractivity contribution < 1.29 is 14.4 Å². The lowest BCUT2D eigenvalue weighted by Crippen LogP contribution is -2.40. The topological polar surface area (TPSA) is 66.5 Å². The molecule has 0 aromatic heterocycles. The fraction of sp³-hybridized carbons (Fsp3) is 0.393. The van der Waals surface area contributed by atoms with E-state index in [2.05, 4.69) is 31.3 Å². The predicted molar refractivity (Wildman–Crippen MR) is 127 cm³/mol. The Labute approximate surface area is 193 Å². The van der Waals surface area contributed by atoms with Crippen LogP contribution < -0.4 is 10.2 Å². The van der Waals surface area contributed by atoms with Gasteiger partial charge in [-0.3, -0.25) is 14.4 Å². The van der Waals surface area contributed by atoms with Gasteiger partial charge in [0.05, 0.1) is 17.5 Å². The highest BCUT2D eigenvalue weighted by atomic mass is 16.2. The Bertz CT molecular complexity index is 1160. The van der Waals surface area contributed by atoms with Gasteiger partial charge >= 0.3 is 0 Å². The Hall–Kier alpha value is -3.21. The van der Waals surface area contributed by atoms with Crippen LogP contribution in [0.3, 0.4) is 0 Å². The van der Waals surface area contributed by atoms with Crippen LogP contribution in [0.5, 0.6) is 0 Å². The average Bonchev–Trinajstić information content (AvgIpc) is 3.62. The first-order valence-electron chi connectivity index (χ1n) is 12.1. The third-order valence-corrected chi connectivity index (χ3v) is 8.27. The molecule has 1 saturated heterocycles. The molecule has 168 valence electrons. The lowest BCUT2D eigenvalue weighted by Gasteiger charge is -2.37. The van der Waals surface area contributed by atoms with Gasteiger partial charge in [0.2, 0.25) is 11.8 Å². The first kappa shape index (κ1) is 20.4. The smallest absolute Gasteiger partial charge is 0.255 e. The third-order valence-electron chi connectivity index (χ3n) is 8.27. The zero-order valence-corrected chi connectivity index (χ0v) is 19.0. The molecule has 5 nitrogen and oxygen atoms in total. The van der Waals surface area contributed by atoms with Gasteiger partial charge in [-0.1, -0.05) is 50.3 Å². The van der Waals surface area contributed by atoms with E-state index in [0.717, 1.165) is 36.1 Å². The van der Waals surface area contributed by atoms with E-state index in [-0.39, 0.29) is 41.4 Å². The zero-order chi connectivity index (χ0) is 22.9. The minimum atomic E-state index is -0.239. The van der Waals surface area contributed by atoms with Crippen LogP contribution in [0.15, 0.2) is 54.6 Å². The molecule has 33 heavy (non-hydrogen) atoms. The van der Waals surface area contributed by atoms with Crippen LogP contribution >= 0.6 is 0 Å². The largest absolute Gasteiger partial charge is 0.321 e. The zero-order valence-electron chi connectivity index (χ0n) is 19.0. The monoisotopic (exact) mass is 440 g/mol. The van der Waals surface area contributed by atoms with E-state index in [4.69, 9.17) is 0 Å². The standard InChI is InChI=1S/C28H28N2O3/c1-3-15-7-5-8-16(4-2)25(15)29-26(31)17-9-6-10-18(13-17)30-27(32)23-19-11-12-20(22-14-21(19)22)24(23)28(30)33/h5-13,19-24H,3-4,14H2,1-2H3,(H,29,31)/t19-,20-,21-,22-,23+,24+/m0/s1. The molecule has 0 unspecified atom stereocenters. The molecule has 1 heterocycles. The van der Waals surface area contributed by atoms with Gasteiger partial charge in [-0.15, -0.1) is 0 Å². The van der Waals surface area contributed by atoms with Gasteiger partial charge < -0.3 is 5.32 Å². The molecule has 2 saturated carbocycles. The number of carbonyl (C=O) groups is 3. The van der Waals surface area contributed by atoms with Crippen molar-refractivity contribution in [2.45, 2.75) is 33.1 Å². The van der Waals surface area contributed by atoms with E-state index in [1.807, 2.05) is 18.2 Å². The summed E-state index contributed by atoms with van der Waals surface area (Å²) in [7, 11) is 0. The number of para-hydroxylation sites is 1. The SMILES string of the molecule is CCc1cccc(CC)c1NC(=O)c1cccc(N2C(=O)[C@@H]3[C@H]4C=C[C@@H]([C@@H]5C[C@@H]45)[C@H]3C2=O)c1. The minimum Gasteiger partial charge on any atom is -0.321 e. The maximum Gasteiger partial charge on any atom is 0.255 e. The van der Waals surface area contributed by atoms with Crippen molar-refractivity contribution in [3.05, 3.63) is 71.3 Å². The van der Waals surface area contributed by atoms with Gasteiger partial charge in [0.1, 0.15) is 0 Å². The fourth-order valence-electron chi connectivity index (χ4n) is 6.59. The van der Waals surface area contributed by atoms with Crippen molar-refractivity contribution in [3.63, 3.8) is 0 Å². The van der Waals surface area contributed by atoms with Gasteiger partial charge in [0, 0.05) is 11.3 Å². The molecule has 4 aliphatic carbocycles. The Morgan fingerprint density at radius 1 is 0.909 bits per heavy atom. The number of nitrogens with one attached hydrogen (secondary N) is 1. The second kappa shape index (κ2) is 7.41. The Balaban J connectivity index is 1.29. The lowest BCUT2D eigenvalue weighted by atomic mass is 9.63. The number of imide groups is 1. The summed E-state index contributed by atoms with van der Waals surface area (Å²) in [6, 6.07) is 13.0. The Morgan fingerprint density at radius 2 is 1.48 bits per heavy atom. The van der Waals surface area contributed by atoms with Crippen LogP contribution in [-0.2, 0) is 22.4 Å². The number of aryl methyl sites for hydroxylation is 2. The van der Waals surface area contributed by atoms with Crippen LogP contribution in [0, 0.1) is 35.5 Å². The summed E-state index contributed by atoms with van der Waals surface area (Å²) in [6.07, 6.45) is 7.14. The summed E-state index contributed by atoms with van der Waals surface area (Å²) in [6.45, 7) is 4.14. The summed E-state index contributed by atoms with van der Waals surface area (Å²) in [5.74, 6) is 0.616. The number of carbonyl (C=O) groups excluding carboxylic acids is 3. The Kier molecular flexibility index (Phi) is 4.58. The molecular weight excluding hydrogens is 412 g/mol. The highest BCUT2D eigenvalue weighted by Crippen LogP contribution is 2.65. The van der Waals surface area contributed by atoms with Crippen LogP contribution in [0.2, 0.25) is 0 Å². The summed E-state index contributed by atoms with van der Waals surface area (Å²) in [5, 5.41) is 3.09. The van der Waals surface area contributed by atoms with Crippen molar-refractivity contribution in [1.82, 2.24) is 0 Å². The van der Waals surface area contributed by atoms with Crippen molar-refractivity contribution in [2.75, 3.05) is 10.2 Å². The lowest BCUT2D eigenvalue weighted by molar-refractivity contribution is -0.124. The maximum atomic E-state index is 13.4. The molecule has 2 aromatic carbocycles. The molecule has 0 radical (unpaired) electrons. The molecule has 3 amide bonds. The normalized spacial score (nSPS) is 30.9. The Morgan fingerprint density at radius 3 is 2.06 bits per heavy atom. The molecule has 3 fully saturated rings. The summed E-state index contributed by atoms with van der Waals surface area (Å²) in [5.41, 5.74) is 3.99. The number of amides is 3. The number of nitrogens with zero attached hydrogens (tertiary/aromatic N) is 1. The third kappa shape index (κ3) is 2.94. The quantitative estimate of drug-likeness (QED) is 0.545. The van der Waals surface area contributed by atoms with Gasteiger partial charge in [0.15, 0.2) is 0 Å². The van der Waals surface area contributed by atoms with Gasteiger partial charge in [-0.2, -0.15) is 0 Å². The van der Waals surface area contributed by atoms with Gasteiger partial charge in [-0.05, 0) is 72.3 Å². The number of hydrogen-bond acceptors (Lipinski definition) is 3. The van der Waals surface area contributed by atoms with Crippen LogP contribution in [-0.4, -0.2) is 17.7 Å². The van der Waals surface area contributed by atoms with E-state index >= 15 is 0 Å². The molecule has 2 bridgehead atoms. The van der Waals surface area contributed by atoms with E-state index < -0.39 is 0 Å². The summed E-state index contributed by atoms with van der Waals surface area (Å²) in [4.78, 5) is 41.4. The summed E-state index contributed by atoms with van der Waals surface area (Å²) >= 11 is 0. The highest BCUT2D eigenvalue weighted by Gasteiger charge is 2.67. The molecule has 6 atom stereocenters. The van der Waals surface area contributed by atoms with E-state index in [1.165, 1.54) is 4.90 Å². The number of hydrogen-bond donors (Lipinski definition) is 1. The number of anilines is 2. The number of rotatable bonds is 5. The first-order chi connectivity index (χ1) is 16.0. The predicted octanol–water partition coefficient (Wildman–Crippen LogP) is 4.62. The van der Waals surface area contributed by atoms with Gasteiger partial charge in [-0.25, -0.2) is 4.90 Å². The molecule has 7 rings (SSSR count). The minimum absolute atomic E-state index is 0.100. The number of benzene rings is 2. The fourth-order valence-corrected chi connectivity index (χ4v) is 6.59. The second-order valence-corrected chi connectivity index (χ2v) is 9.83. The van der Waals surface area contributed by atoms with Crippen LogP contribution in [0.4, 0.5) is 11.4 Å². The molecular formula is C28H28N2O3. The highest BCUT2D eigenvalue weighted by molar-refractivity contribution is 6.23. The van der Waals surface area contributed by atoms with Gasteiger partial charge in [0.25, 0.3) is 5.91 Å². The number of allylic oxidation sites excluding steroid dienone is 2.